The van der Waals surface area contributed by atoms with Crippen LogP contribution in [0.25, 0.3) is 44.5 Å². The third-order valence-electron chi connectivity index (χ3n) is 8.01. The topological polar surface area (TPSA) is 38.9 Å². The van der Waals surface area contributed by atoms with Gasteiger partial charge in [-0.25, -0.2) is 0 Å². The Labute approximate surface area is 283 Å². The molecule has 0 amide bonds. The molecule has 45 heavy (non-hydrogen) atoms. The predicted molar refractivity (Wildman–Crippen MR) is 189 cm³/mol. The van der Waals surface area contributed by atoms with Gasteiger partial charge in [-0.05, 0) is 52.4 Å². The number of hydrogen-bond acceptors (Lipinski definition) is 3. The van der Waals surface area contributed by atoms with E-state index in [4.69, 9.17) is 4.42 Å². The molecule has 0 saturated carbocycles. The third kappa shape index (κ3) is 7.72. The standard InChI is InChI=1S/C24H26NOSi.C16H18N.Ir/c1-24(2,3)16-13-14-25-19(15-16)17-11-12-21(27(4,5)6)22-18-9-7-8-10-20(18)26-23(17)22;1-12-5-10-15(17-11-12)13-6-8-14(9-7-13)16(2,3)4;/h7-10,12-15H,1-6H3;5-6,8-11H,1-4H3;/q2*-1;. The first-order valence-electron chi connectivity index (χ1n) is 15.4. The second kappa shape index (κ2) is 13.2. The maximum Gasteiger partial charge on any atom is 0.120 e. The zero-order valence-electron chi connectivity index (χ0n) is 28.2. The molecule has 0 bridgehead atoms. The summed E-state index contributed by atoms with van der Waals surface area (Å²) in [5.74, 6) is 0. The van der Waals surface area contributed by atoms with Crippen molar-refractivity contribution in [2.24, 2.45) is 0 Å². The summed E-state index contributed by atoms with van der Waals surface area (Å²) in [5.41, 5.74) is 9.75. The van der Waals surface area contributed by atoms with Crippen molar-refractivity contribution < 1.29 is 24.5 Å². The molecule has 0 aliphatic rings. The summed E-state index contributed by atoms with van der Waals surface area (Å²) in [5, 5.41) is 3.81. The van der Waals surface area contributed by atoms with Crippen molar-refractivity contribution in [3.63, 3.8) is 0 Å². The summed E-state index contributed by atoms with van der Waals surface area (Å²) in [6.07, 6.45) is 3.78. The minimum atomic E-state index is -1.56. The number of nitrogens with zero attached hydrogens (tertiary/aromatic N) is 2. The maximum absolute atomic E-state index is 6.35. The molecule has 0 unspecified atom stereocenters. The summed E-state index contributed by atoms with van der Waals surface area (Å²) in [7, 11) is -1.56. The molecule has 6 aromatic rings. The van der Waals surface area contributed by atoms with Gasteiger partial charge in [0.2, 0.25) is 0 Å². The van der Waals surface area contributed by atoms with E-state index < -0.39 is 8.07 Å². The second-order valence-electron chi connectivity index (χ2n) is 14.8. The second-order valence-corrected chi connectivity index (χ2v) is 19.8. The number of aryl methyl sites for hydroxylation is 1. The van der Waals surface area contributed by atoms with Crippen LogP contribution in [0.2, 0.25) is 19.6 Å². The number of fused-ring (bicyclic) bond motifs is 3. The summed E-state index contributed by atoms with van der Waals surface area (Å²) in [4.78, 5) is 9.06. The van der Waals surface area contributed by atoms with E-state index in [2.05, 4.69) is 138 Å². The molecule has 0 aliphatic heterocycles. The number of furan rings is 1. The van der Waals surface area contributed by atoms with Crippen LogP contribution in [-0.4, -0.2) is 18.0 Å². The molecule has 1 radical (unpaired) electrons. The van der Waals surface area contributed by atoms with Crippen molar-refractivity contribution in [1.82, 2.24) is 9.97 Å². The molecule has 3 aromatic carbocycles. The van der Waals surface area contributed by atoms with Crippen molar-refractivity contribution in [2.45, 2.75) is 78.9 Å². The van der Waals surface area contributed by atoms with Gasteiger partial charge in [0, 0.05) is 46.0 Å². The first-order chi connectivity index (χ1) is 20.6. The van der Waals surface area contributed by atoms with Crippen LogP contribution in [0.1, 0.15) is 58.2 Å². The van der Waals surface area contributed by atoms with Gasteiger partial charge in [0.15, 0.2) is 0 Å². The van der Waals surface area contributed by atoms with Crippen molar-refractivity contribution in [3.05, 3.63) is 114 Å². The number of rotatable bonds is 3. The van der Waals surface area contributed by atoms with Crippen LogP contribution in [-0.2, 0) is 30.9 Å². The molecule has 3 aromatic heterocycles. The van der Waals surface area contributed by atoms with Crippen LogP contribution in [0.5, 0.6) is 0 Å². The van der Waals surface area contributed by atoms with E-state index in [1.165, 1.54) is 32.6 Å². The van der Waals surface area contributed by atoms with Crippen molar-refractivity contribution in [3.8, 4) is 22.5 Å². The molecule has 0 aliphatic carbocycles. The van der Waals surface area contributed by atoms with Gasteiger partial charge in [-0.1, -0.05) is 109 Å². The molecule has 3 nitrogen and oxygen atoms in total. The predicted octanol–water partition coefficient (Wildman–Crippen LogP) is 10.4. The fourth-order valence-electron chi connectivity index (χ4n) is 5.26. The summed E-state index contributed by atoms with van der Waals surface area (Å²) < 4.78 is 6.35. The number of aromatic nitrogens is 2. The van der Waals surface area contributed by atoms with Gasteiger partial charge in [0.1, 0.15) is 5.58 Å². The van der Waals surface area contributed by atoms with E-state index in [1.807, 2.05) is 37.5 Å². The van der Waals surface area contributed by atoms with E-state index in [9.17, 15) is 0 Å². The van der Waals surface area contributed by atoms with Gasteiger partial charge >= 0.3 is 0 Å². The number of pyridine rings is 2. The fraction of sp³-hybridized carbons (Fsp3) is 0.300. The largest absolute Gasteiger partial charge is 0.501 e. The zero-order valence-corrected chi connectivity index (χ0v) is 31.6. The molecule has 235 valence electrons. The summed E-state index contributed by atoms with van der Waals surface area (Å²) in [6.45, 7) is 22.5. The minimum Gasteiger partial charge on any atom is -0.501 e. The Morgan fingerprint density at radius 1 is 0.733 bits per heavy atom. The van der Waals surface area contributed by atoms with Crippen LogP contribution >= 0.6 is 0 Å². The van der Waals surface area contributed by atoms with Gasteiger partial charge in [0.05, 0.1) is 5.58 Å². The van der Waals surface area contributed by atoms with E-state index in [0.717, 1.165) is 33.7 Å². The number of para-hydroxylation sites is 1. The fourth-order valence-corrected chi connectivity index (χ4v) is 6.77. The Balaban J connectivity index is 0.000000222. The van der Waals surface area contributed by atoms with Crippen molar-refractivity contribution >= 4 is 35.2 Å². The van der Waals surface area contributed by atoms with E-state index in [0.29, 0.717) is 0 Å². The van der Waals surface area contributed by atoms with Crippen molar-refractivity contribution in [1.29, 1.82) is 0 Å². The van der Waals surface area contributed by atoms with Crippen LogP contribution in [0, 0.1) is 19.1 Å². The average Bonchev–Trinajstić information content (AvgIpc) is 3.36. The molecule has 0 N–H and O–H groups in total. The quantitative estimate of drug-likeness (QED) is 0.132. The van der Waals surface area contributed by atoms with Crippen LogP contribution in [0.15, 0.2) is 89.6 Å². The summed E-state index contributed by atoms with van der Waals surface area (Å²) >= 11 is 0. The van der Waals surface area contributed by atoms with E-state index in [1.54, 1.807) is 0 Å². The Morgan fingerprint density at radius 2 is 1.44 bits per heavy atom. The number of hydrogen-bond donors (Lipinski definition) is 0. The molecule has 0 atom stereocenters. The van der Waals surface area contributed by atoms with Gasteiger partial charge < -0.3 is 14.4 Å². The molecule has 0 saturated heterocycles. The first-order valence-corrected chi connectivity index (χ1v) is 18.9. The molecule has 6 rings (SSSR count). The molecular weight excluding hydrogens is 745 g/mol. The van der Waals surface area contributed by atoms with E-state index in [-0.39, 0.29) is 30.9 Å². The van der Waals surface area contributed by atoms with Crippen LogP contribution in [0.4, 0.5) is 0 Å². The smallest absolute Gasteiger partial charge is 0.120 e. The Bertz CT molecular complexity index is 1900. The van der Waals surface area contributed by atoms with Gasteiger partial charge in [-0.3, -0.25) is 0 Å². The van der Waals surface area contributed by atoms with Crippen molar-refractivity contribution in [2.75, 3.05) is 0 Å². The van der Waals surface area contributed by atoms with E-state index >= 15 is 0 Å². The van der Waals surface area contributed by atoms with Gasteiger partial charge in [-0.2, -0.15) is 0 Å². The Hall–Kier alpha value is -3.37. The number of benzene rings is 3. The normalized spacial score (nSPS) is 12.0. The van der Waals surface area contributed by atoms with Crippen LogP contribution < -0.4 is 5.19 Å². The Kier molecular flexibility index (Phi) is 10.1. The Morgan fingerprint density at radius 3 is 2.04 bits per heavy atom. The molecule has 3 heterocycles. The third-order valence-corrected chi connectivity index (χ3v) is 10.0. The molecule has 5 heteroatoms. The average molecular weight is 789 g/mol. The monoisotopic (exact) mass is 789 g/mol. The molecule has 0 fully saturated rings. The SMILES string of the molecule is CC(C)(C)c1ccnc(-c2[c-]cc([Si](C)(C)C)c3c2oc2ccccc23)c1.Cc1ccc(-c2[c-]cc(C(C)(C)C)cc2)nc1.[Ir]. The van der Waals surface area contributed by atoms with Gasteiger partial charge in [0.25, 0.3) is 0 Å². The minimum absolute atomic E-state index is 0. The molecular formula is C40H44IrN2OSi-2. The summed E-state index contributed by atoms with van der Waals surface area (Å²) in [6, 6.07) is 32.0. The molecule has 0 spiro atoms. The first kappa shape index (κ1) is 34.5. The zero-order chi connectivity index (χ0) is 31.9. The van der Waals surface area contributed by atoms with Gasteiger partial charge in [-0.15, -0.1) is 52.7 Å². The maximum atomic E-state index is 6.35. The van der Waals surface area contributed by atoms with Crippen LogP contribution in [0.3, 0.4) is 0 Å².